The van der Waals surface area contributed by atoms with Gasteiger partial charge in [0.25, 0.3) is 0 Å². The highest BCUT2D eigenvalue weighted by atomic mass is 19.1. The summed E-state index contributed by atoms with van der Waals surface area (Å²) in [7, 11) is 0. The molecule has 152 valence electrons. The third-order valence-corrected chi connectivity index (χ3v) is 5.65. The molecule has 6 nitrogen and oxygen atoms in total. The summed E-state index contributed by atoms with van der Waals surface area (Å²) in [6.45, 7) is 5.87. The molecule has 0 saturated carbocycles. The van der Waals surface area contributed by atoms with E-state index in [9.17, 15) is 9.18 Å². The van der Waals surface area contributed by atoms with E-state index < -0.39 is 0 Å². The number of rotatable bonds is 5. The first-order valence-corrected chi connectivity index (χ1v) is 9.98. The second-order valence-corrected chi connectivity index (χ2v) is 7.63. The Morgan fingerprint density at radius 2 is 1.93 bits per heavy atom. The summed E-state index contributed by atoms with van der Waals surface area (Å²) in [6, 6.07) is 10.2. The van der Waals surface area contributed by atoms with Crippen molar-refractivity contribution in [3.8, 4) is 5.88 Å². The number of likely N-dealkylation sites (tertiary alicyclic amines) is 1. The number of benzene rings is 1. The fourth-order valence-corrected chi connectivity index (χ4v) is 3.68. The summed E-state index contributed by atoms with van der Waals surface area (Å²) in [5.74, 6) is 0.608. The second-order valence-electron chi connectivity index (χ2n) is 7.63. The Bertz CT molecular complexity index is 1020. The molecule has 0 radical (unpaired) electrons. The molecule has 29 heavy (non-hydrogen) atoms. The monoisotopic (exact) mass is 396 g/mol. The van der Waals surface area contributed by atoms with E-state index in [2.05, 4.69) is 10.1 Å². The minimum absolute atomic E-state index is 0.0208. The van der Waals surface area contributed by atoms with Crippen LogP contribution < -0.4 is 4.74 Å². The number of nitrogens with zero attached hydrogens (tertiary/aromatic N) is 4. The number of fused-ring (bicyclic) bond motifs is 1. The van der Waals surface area contributed by atoms with Crippen molar-refractivity contribution in [3.63, 3.8) is 0 Å². The van der Waals surface area contributed by atoms with Gasteiger partial charge < -0.3 is 9.64 Å². The largest absolute Gasteiger partial charge is 0.476 e. The number of hydrogen-bond donors (Lipinski definition) is 0. The van der Waals surface area contributed by atoms with E-state index in [-0.39, 0.29) is 18.1 Å². The maximum absolute atomic E-state index is 13.8. The van der Waals surface area contributed by atoms with Crippen LogP contribution in [0.15, 0.2) is 36.4 Å². The van der Waals surface area contributed by atoms with Crippen molar-refractivity contribution in [2.24, 2.45) is 5.92 Å². The van der Waals surface area contributed by atoms with Crippen LogP contribution in [0.25, 0.3) is 5.65 Å². The van der Waals surface area contributed by atoms with Crippen molar-refractivity contribution in [1.82, 2.24) is 19.5 Å². The van der Waals surface area contributed by atoms with Crippen LogP contribution in [0.5, 0.6) is 5.88 Å². The van der Waals surface area contributed by atoms with Gasteiger partial charge in [-0.15, -0.1) is 5.10 Å². The van der Waals surface area contributed by atoms with Crippen molar-refractivity contribution in [1.29, 1.82) is 0 Å². The number of aryl methyl sites for hydroxylation is 2. The quantitative estimate of drug-likeness (QED) is 0.664. The lowest BCUT2D eigenvalue weighted by Crippen LogP contribution is -2.40. The van der Waals surface area contributed by atoms with Gasteiger partial charge in [-0.05, 0) is 50.3 Å². The lowest BCUT2D eigenvalue weighted by atomic mass is 9.97. The Hall–Kier alpha value is -2.96. The lowest BCUT2D eigenvalue weighted by Gasteiger charge is -2.32. The zero-order chi connectivity index (χ0) is 20.4. The van der Waals surface area contributed by atoms with Gasteiger partial charge in [0.1, 0.15) is 5.82 Å². The van der Waals surface area contributed by atoms with Gasteiger partial charge in [0.15, 0.2) is 5.65 Å². The molecule has 1 aromatic carbocycles. The summed E-state index contributed by atoms with van der Waals surface area (Å²) < 4.78 is 21.5. The predicted molar refractivity (Wildman–Crippen MR) is 107 cm³/mol. The Labute approximate surface area is 169 Å². The third-order valence-electron chi connectivity index (χ3n) is 5.65. The first-order valence-electron chi connectivity index (χ1n) is 9.98. The van der Waals surface area contributed by atoms with Crippen LogP contribution in [-0.2, 0) is 11.2 Å². The molecule has 0 aliphatic carbocycles. The number of imidazole rings is 1. The molecule has 0 N–H and O–H groups in total. The molecular formula is C22H25FN4O2. The van der Waals surface area contributed by atoms with Crippen molar-refractivity contribution >= 4 is 11.6 Å². The first kappa shape index (κ1) is 19.4. The van der Waals surface area contributed by atoms with Crippen LogP contribution in [0, 0.1) is 25.6 Å². The van der Waals surface area contributed by atoms with Crippen LogP contribution in [0.2, 0.25) is 0 Å². The van der Waals surface area contributed by atoms with Crippen LogP contribution in [0.4, 0.5) is 4.39 Å². The van der Waals surface area contributed by atoms with Gasteiger partial charge in [0.2, 0.25) is 11.8 Å². The van der Waals surface area contributed by atoms with Gasteiger partial charge >= 0.3 is 0 Å². The van der Waals surface area contributed by atoms with E-state index >= 15 is 0 Å². The molecule has 0 unspecified atom stereocenters. The molecule has 1 amide bonds. The normalized spacial score (nSPS) is 15.1. The van der Waals surface area contributed by atoms with Gasteiger partial charge in [-0.3, -0.25) is 4.79 Å². The summed E-state index contributed by atoms with van der Waals surface area (Å²) in [5, 5.41) is 4.51. The van der Waals surface area contributed by atoms with Crippen molar-refractivity contribution < 1.29 is 13.9 Å². The fourth-order valence-electron chi connectivity index (χ4n) is 3.68. The summed E-state index contributed by atoms with van der Waals surface area (Å²) in [4.78, 5) is 18.7. The van der Waals surface area contributed by atoms with Crippen LogP contribution in [0.1, 0.15) is 29.8 Å². The number of ether oxygens (including phenoxy) is 1. The number of carbonyl (C=O) groups is 1. The zero-order valence-electron chi connectivity index (χ0n) is 16.8. The molecule has 7 heteroatoms. The molecule has 2 aromatic heterocycles. The van der Waals surface area contributed by atoms with Crippen LogP contribution in [0.3, 0.4) is 0 Å². The highest BCUT2D eigenvalue weighted by molar-refractivity contribution is 5.78. The Morgan fingerprint density at radius 1 is 1.17 bits per heavy atom. The molecule has 0 spiro atoms. The highest BCUT2D eigenvalue weighted by Crippen LogP contribution is 2.20. The lowest BCUT2D eigenvalue weighted by molar-refractivity contribution is -0.132. The Kier molecular flexibility index (Phi) is 5.47. The number of amides is 1. The molecule has 1 fully saturated rings. The van der Waals surface area contributed by atoms with E-state index in [1.54, 1.807) is 22.7 Å². The van der Waals surface area contributed by atoms with Crippen molar-refractivity contribution in [2.75, 3.05) is 19.7 Å². The van der Waals surface area contributed by atoms with Gasteiger partial charge in [0.05, 0.1) is 24.4 Å². The summed E-state index contributed by atoms with van der Waals surface area (Å²) >= 11 is 0. The van der Waals surface area contributed by atoms with Gasteiger partial charge in [-0.25, -0.2) is 13.9 Å². The Balaban J connectivity index is 1.28. The van der Waals surface area contributed by atoms with E-state index in [0.29, 0.717) is 37.1 Å². The average molecular weight is 396 g/mol. The predicted octanol–water partition coefficient (Wildman–Crippen LogP) is 3.35. The van der Waals surface area contributed by atoms with E-state index in [1.807, 2.05) is 30.9 Å². The van der Waals surface area contributed by atoms with E-state index in [4.69, 9.17) is 4.74 Å². The molecule has 0 bridgehead atoms. The molecule has 3 aromatic rings. The van der Waals surface area contributed by atoms with Crippen LogP contribution >= 0.6 is 0 Å². The summed E-state index contributed by atoms with van der Waals surface area (Å²) in [5.41, 5.74) is 3.23. The fraction of sp³-hybridized carbons (Fsp3) is 0.409. The molecule has 0 atom stereocenters. The van der Waals surface area contributed by atoms with Gasteiger partial charge in [-0.2, -0.15) is 0 Å². The second kappa shape index (κ2) is 8.19. The molecule has 1 aliphatic rings. The topological polar surface area (TPSA) is 59.7 Å². The average Bonchev–Trinajstić information content (AvgIpc) is 3.02. The van der Waals surface area contributed by atoms with Gasteiger partial charge in [0, 0.05) is 19.2 Å². The highest BCUT2D eigenvalue weighted by Gasteiger charge is 2.24. The third kappa shape index (κ3) is 4.23. The minimum Gasteiger partial charge on any atom is -0.476 e. The zero-order valence-corrected chi connectivity index (χ0v) is 16.8. The number of halogens is 1. The minimum atomic E-state index is -0.322. The van der Waals surface area contributed by atoms with Gasteiger partial charge in [-0.1, -0.05) is 18.2 Å². The molecular weight excluding hydrogens is 371 g/mol. The first-order chi connectivity index (χ1) is 14.0. The van der Waals surface area contributed by atoms with Crippen molar-refractivity contribution in [3.05, 3.63) is 59.2 Å². The Morgan fingerprint density at radius 3 is 2.69 bits per heavy atom. The number of piperidine rings is 1. The van der Waals surface area contributed by atoms with E-state index in [1.165, 1.54) is 6.07 Å². The summed E-state index contributed by atoms with van der Waals surface area (Å²) in [6.07, 6.45) is 1.85. The van der Waals surface area contributed by atoms with E-state index in [0.717, 1.165) is 29.9 Å². The maximum atomic E-state index is 13.8. The standard InChI is InChI=1S/C22H25FN4O2/c1-15-16(2)27-20(24-15)7-8-21(25-27)29-14-17-9-11-26(12-10-17)22(28)13-18-5-3-4-6-19(18)23/h3-8,17H,9-14H2,1-2H3. The molecule has 3 heterocycles. The van der Waals surface area contributed by atoms with Crippen LogP contribution in [-0.4, -0.2) is 45.1 Å². The maximum Gasteiger partial charge on any atom is 0.231 e. The molecule has 1 saturated heterocycles. The number of carbonyl (C=O) groups excluding carboxylic acids is 1. The smallest absolute Gasteiger partial charge is 0.231 e. The SMILES string of the molecule is Cc1nc2ccc(OCC3CCN(C(=O)Cc4ccccc4F)CC3)nn2c1C. The molecule has 1 aliphatic heterocycles. The number of hydrogen-bond acceptors (Lipinski definition) is 4. The number of aromatic nitrogens is 3. The molecule has 4 rings (SSSR count). The van der Waals surface area contributed by atoms with Crippen molar-refractivity contribution in [2.45, 2.75) is 33.1 Å².